The van der Waals surface area contributed by atoms with Crippen molar-refractivity contribution in [2.45, 2.75) is 13.5 Å². The Labute approximate surface area is 145 Å². The summed E-state index contributed by atoms with van der Waals surface area (Å²) >= 11 is 0. The molecule has 1 aliphatic heterocycles. The molecule has 3 rings (SSSR count). The van der Waals surface area contributed by atoms with Gasteiger partial charge in [-0.25, -0.2) is 4.79 Å². The van der Waals surface area contributed by atoms with E-state index in [2.05, 4.69) is 10.00 Å². The fraction of sp³-hybridized carbons (Fsp3) is 0.471. The molecule has 0 unspecified atom stereocenters. The minimum Gasteiger partial charge on any atom is -0.461 e. The van der Waals surface area contributed by atoms with Gasteiger partial charge in [0.15, 0.2) is 0 Å². The summed E-state index contributed by atoms with van der Waals surface area (Å²) < 4.78 is 11.7. The molecule has 0 amide bonds. The lowest BCUT2D eigenvalue weighted by molar-refractivity contribution is 0.0342. The number of carbonyl (C=O) groups excluding carboxylic acids is 1. The molecule has 1 saturated heterocycles. The van der Waals surface area contributed by atoms with Crippen LogP contribution < -0.4 is 11.2 Å². The maximum atomic E-state index is 12.7. The average Bonchev–Trinajstić information content (AvgIpc) is 2.58. The molecular formula is C17H22N4O4. The Kier molecular flexibility index (Phi) is 5.00. The Morgan fingerprint density at radius 3 is 2.76 bits per heavy atom. The number of nitrogens with two attached hydrogens (primary N) is 1. The fourth-order valence-electron chi connectivity index (χ4n) is 3.07. The summed E-state index contributed by atoms with van der Waals surface area (Å²) in [5.41, 5.74) is 7.38. The van der Waals surface area contributed by atoms with Crippen molar-refractivity contribution in [2.75, 3.05) is 38.6 Å². The number of aromatic nitrogens is 2. The zero-order valence-electron chi connectivity index (χ0n) is 14.4. The molecule has 8 nitrogen and oxygen atoms in total. The van der Waals surface area contributed by atoms with E-state index in [9.17, 15) is 9.59 Å². The second kappa shape index (κ2) is 7.20. The van der Waals surface area contributed by atoms with Crippen molar-refractivity contribution in [2.24, 2.45) is 7.05 Å². The zero-order valence-corrected chi connectivity index (χ0v) is 14.4. The van der Waals surface area contributed by atoms with Crippen LogP contribution >= 0.6 is 0 Å². The van der Waals surface area contributed by atoms with Crippen LogP contribution in [0.2, 0.25) is 0 Å². The highest BCUT2D eigenvalue weighted by Gasteiger charge is 2.20. The molecule has 25 heavy (non-hydrogen) atoms. The van der Waals surface area contributed by atoms with E-state index < -0.39 is 11.4 Å². The van der Waals surface area contributed by atoms with Gasteiger partial charge in [0.1, 0.15) is 0 Å². The third-order valence-electron chi connectivity index (χ3n) is 4.21. The molecule has 0 radical (unpaired) electrons. The molecular weight excluding hydrogens is 324 g/mol. The number of hydrogen-bond donors (Lipinski definition) is 1. The predicted octanol–water partition coefficient (Wildman–Crippen LogP) is 0.525. The van der Waals surface area contributed by atoms with Crippen LogP contribution in [0.3, 0.4) is 0 Å². The predicted molar refractivity (Wildman–Crippen MR) is 93.4 cm³/mol. The molecule has 134 valence electrons. The van der Waals surface area contributed by atoms with E-state index in [4.69, 9.17) is 15.2 Å². The van der Waals surface area contributed by atoms with E-state index in [-0.39, 0.29) is 12.3 Å². The third kappa shape index (κ3) is 3.49. The molecule has 2 heterocycles. The van der Waals surface area contributed by atoms with Gasteiger partial charge in [-0.05, 0) is 24.6 Å². The molecule has 0 atom stereocenters. The summed E-state index contributed by atoms with van der Waals surface area (Å²) in [7, 11) is 1.66. The first-order chi connectivity index (χ1) is 12.0. The summed E-state index contributed by atoms with van der Waals surface area (Å²) in [6.45, 7) is 5.59. The number of fused-ring (bicyclic) bond motifs is 1. The Morgan fingerprint density at radius 1 is 1.36 bits per heavy atom. The second-order valence-corrected chi connectivity index (χ2v) is 5.99. The Morgan fingerprint density at radius 2 is 2.08 bits per heavy atom. The van der Waals surface area contributed by atoms with Crippen LogP contribution in [0.4, 0.5) is 5.69 Å². The van der Waals surface area contributed by atoms with Crippen LogP contribution in [0.5, 0.6) is 0 Å². The number of morpholine rings is 1. The van der Waals surface area contributed by atoms with Crippen LogP contribution in [0, 0.1) is 0 Å². The summed E-state index contributed by atoms with van der Waals surface area (Å²) in [4.78, 5) is 27.0. The monoisotopic (exact) mass is 346 g/mol. The SMILES string of the molecule is CCOC(=O)c1nn(C)c2c(N)cc(CN3CCOCC3)cc2c1=O. The van der Waals surface area contributed by atoms with Crippen LogP contribution in [-0.4, -0.2) is 53.6 Å². The van der Waals surface area contributed by atoms with Gasteiger partial charge in [-0.1, -0.05) is 0 Å². The topological polar surface area (TPSA) is 99.7 Å². The number of nitrogens with zero attached hydrogens (tertiary/aromatic N) is 3. The average molecular weight is 346 g/mol. The van der Waals surface area contributed by atoms with Gasteiger partial charge in [-0.15, -0.1) is 0 Å². The minimum absolute atomic E-state index is 0.181. The number of ether oxygens (including phenoxy) is 2. The summed E-state index contributed by atoms with van der Waals surface area (Å²) in [6, 6.07) is 3.64. The normalized spacial score (nSPS) is 15.4. The van der Waals surface area contributed by atoms with E-state index in [1.165, 1.54) is 4.68 Å². The lowest BCUT2D eigenvalue weighted by Crippen LogP contribution is -2.35. The maximum Gasteiger partial charge on any atom is 0.362 e. The number of nitrogen functional groups attached to an aromatic ring is 1. The Balaban J connectivity index is 2.06. The van der Waals surface area contributed by atoms with E-state index >= 15 is 0 Å². The molecule has 1 aromatic heterocycles. The highest BCUT2D eigenvalue weighted by molar-refractivity contribution is 5.95. The van der Waals surface area contributed by atoms with Crippen molar-refractivity contribution >= 4 is 22.6 Å². The molecule has 1 aromatic carbocycles. The molecule has 1 fully saturated rings. The van der Waals surface area contributed by atoms with Crippen molar-refractivity contribution < 1.29 is 14.3 Å². The van der Waals surface area contributed by atoms with Crippen LogP contribution in [0.15, 0.2) is 16.9 Å². The van der Waals surface area contributed by atoms with Crippen LogP contribution in [0.25, 0.3) is 10.9 Å². The highest BCUT2D eigenvalue weighted by atomic mass is 16.5. The van der Waals surface area contributed by atoms with E-state index in [0.717, 1.165) is 18.7 Å². The number of hydrogen-bond acceptors (Lipinski definition) is 7. The first kappa shape index (κ1) is 17.4. The molecule has 0 saturated carbocycles. The molecule has 2 aromatic rings. The van der Waals surface area contributed by atoms with E-state index in [0.29, 0.717) is 36.3 Å². The number of esters is 1. The van der Waals surface area contributed by atoms with Crippen molar-refractivity contribution in [1.82, 2.24) is 14.7 Å². The van der Waals surface area contributed by atoms with Gasteiger partial charge in [0.25, 0.3) is 0 Å². The Bertz CT molecular complexity index is 856. The third-order valence-corrected chi connectivity index (χ3v) is 4.21. The van der Waals surface area contributed by atoms with Crippen molar-refractivity contribution in [3.05, 3.63) is 33.6 Å². The van der Waals surface area contributed by atoms with Gasteiger partial charge < -0.3 is 15.2 Å². The van der Waals surface area contributed by atoms with Gasteiger partial charge in [0.05, 0.1) is 36.4 Å². The maximum absolute atomic E-state index is 12.7. The molecule has 0 spiro atoms. The minimum atomic E-state index is -0.720. The lowest BCUT2D eigenvalue weighted by atomic mass is 10.1. The molecule has 2 N–H and O–H groups in total. The van der Waals surface area contributed by atoms with Crippen molar-refractivity contribution in [1.29, 1.82) is 0 Å². The van der Waals surface area contributed by atoms with E-state index in [1.807, 2.05) is 6.07 Å². The van der Waals surface area contributed by atoms with Crippen molar-refractivity contribution in [3.8, 4) is 0 Å². The first-order valence-corrected chi connectivity index (χ1v) is 8.28. The van der Waals surface area contributed by atoms with Crippen LogP contribution in [-0.2, 0) is 23.1 Å². The molecule has 0 bridgehead atoms. The number of anilines is 1. The van der Waals surface area contributed by atoms with Gasteiger partial charge in [-0.2, -0.15) is 5.10 Å². The van der Waals surface area contributed by atoms with E-state index in [1.54, 1.807) is 20.0 Å². The standard InChI is InChI=1S/C17H22N4O4/c1-3-25-17(23)14-16(22)12-8-11(10-21-4-6-24-7-5-21)9-13(18)15(12)20(2)19-14/h8-9H,3-7,10,18H2,1-2H3. The summed E-state index contributed by atoms with van der Waals surface area (Å²) in [5, 5.41) is 4.43. The number of benzene rings is 1. The highest BCUT2D eigenvalue weighted by Crippen LogP contribution is 2.21. The fourth-order valence-corrected chi connectivity index (χ4v) is 3.07. The van der Waals surface area contributed by atoms with Gasteiger partial charge in [0.2, 0.25) is 11.1 Å². The number of rotatable bonds is 4. The largest absolute Gasteiger partial charge is 0.461 e. The van der Waals surface area contributed by atoms with Crippen LogP contribution in [0.1, 0.15) is 23.0 Å². The van der Waals surface area contributed by atoms with Gasteiger partial charge in [0, 0.05) is 26.7 Å². The lowest BCUT2D eigenvalue weighted by Gasteiger charge is -2.26. The summed E-state index contributed by atoms with van der Waals surface area (Å²) in [5.74, 6) is -0.720. The molecule has 1 aliphatic rings. The van der Waals surface area contributed by atoms with Crippen molar-refractivity contribution in [3.63, 3.8) is 0 Å². The number of carbonyl (C=O) groups is 1. The molecule has 8 heteroatoms. The van der Waals surface area contributed by atoms with Gasteiger partial charge >= 0.3 is 5.97 Å². The quantitative estimate of drug-likeness (QED) is 0.636. The second-order valence-electron chi connectivity index (χ2n) is 5.99. The molecule has 0 aliphatic carbocycles. The summed E-state index contributed by atoms with van der Waals surface area (Å²) in [6.07, 6.45) is 0. The zero-order chi connectivity index (χ0) is 18.0. The number of aryl methyl sites for hydroxylation is 1. The first-order valence-electron chi connectivity index (χ1n) is 8.28. The smallest absolute Gasteiger partial charge is 0.362 e. The van der Waals surface area contributed by atoms with Gasteiger partial charge in [-0.3, -0.25) is 14.4 Å². The Hall–Kier alpha value is -2.45.